The number of hydrogen-bond acceptors (Lipinski definition) is 4. The largest absolute Gasteiger partial charge is 0.495 e. The van der Waals surface area contributed by atoms with Crippen LogP contribution >= 0.6 is 15.9 Å². The summed E-state index contributed by atoms with van der Waals surface area (Å²) in [5.41, 5.74) is 7.00. The van der Waals surface area contributed by atoms with E-state index in [1.165, 1.54) is 0 Å². The topological polar surface area (TPSA) is 73.2 Å². The molecule has 0 aliphatic heterocycles. The van der Waals surface area contributed by atoms with Crippen molar-refractivity contribution in [2.75, 3.05) is 14.2 Å². The van der Waals surface area contributed by atoms with E-state index in [9.17, 15) is 0 Å². The molecule has 1 unspecified atom stereocenters. The van der Waals surface area contributed by atoms with E-state index in [1.54, 1.807) is 26.6 Å². The van der Waals surface area contributed by atoms with E-state index >= 15 is 0 Å². The molecule has 0 aliphatic rings. The van der Waals surface area contributed by atoms with Crippen LogP contribution in [0.2, 0.25) is 0 Å². The number of hydrogen-bond donors (Lipinski definition) is 2. The Bertz CT molecular complexity index is 528. The van der Waals surface area contributed by atoms with Crippen LogP contribution < -0.4 is 15.2 Å². The van der Waals surface area contributed by atoms with Crippen molar-refractivity contribution in [1.82, 2.24) is 9.97 Å². The molecule has 2 rings (SSSR count). The summed E-state index contributed by atoms with van der Waals surface area (Å²) >= 11 is 3.45. The molecule has 1 aromatic heterocycles. The molecule has 3 N–H and O–H groups in total. The number of benzene rings is 1. The molecule has 2 aromatic rings. The highest BCUT2D eigenvalue weighted by molar-refractivity contribution is 9.10. The number of imidazole rings is 1. The van der Waals surface area contributed by atoms with Crippen molar-refractivity contribution in [3.8, 4) is 11.5 Å². The van der Waals surface area contributed by atoms with Gasteiger partial charge in [0, 0.05) is 18.0 Å². The number of aromatic amines is 1. The van der Waals surface area contributed by atoms with E-state index in [4.69, 9.17) is 15.2 Å². The van der Waals surface area contributed by atoms with Crippen LogP contribution in [-0.4, -0.2) is 24.2 Å². The average molecular weight is 312 g/mol. The maximum atomic E-state index is 6.16. The van der Waals surface area contributed by atoms with Crippen LogP contribution in [0.15, 0.2) is 29.0 Å². The zero-order valence-corrected chi connectivity index (χ0v) is 11.7. The molecule has 0 aliphatic carbocycles. The van der Waals surface area contributed by atoms with Gasteiger partial charge in [-0.05, 0) is 28.1 Å². The van der Waals surface area contributed by atoms with Crippen LogP contribution in [0.1, 0.15) is 17.4 Å². The highest BCUT2D eigenvalue weighted by atomic mass is 79.9. The Morgan fingerprint density at radius 2 is 2.11 bits per heavy atom. The van der Waals surface area contributed by atoms with E-state index in [2.05, 4.69) is 25.9 Å². The number of H-pyrrole nitrogens is 1. The molecule has 0 radical (unpaired) electrons. The monoisotopic (exact) mass is 311 g/mol. The van der Waals surface area contributed by atoms with Gasteiger partial charge in [-0.1, -0.05) is 0 Å². The van der Waals surface area contributed by atoms with Gasteiger partial charge in [-0.3, -0.25) is 0 Å². The number of rotatable bonds is 4. The first kappa shape index (κ1) is 12.9. The Morgan fingerprint density at radius 3 is 2.67 bits per heavy atom. The quantitative estimate of drug-likeness (QED) is 0.908. The molecule has 0 saturated heterocycles. The van der Waals surface area contributed by atoms with Crippen LogP contribution in [0.4, 0.5) is 0 Å². The molecule has 0 bridgehead atoms. The maximum Gasteiger partial charge on any atom is 0.142 e. The van der Waals surface area contributed by atoms with Crippen LogP contribution in [0.5, 0.6) is 11.5 Å². The lowest BCUT2D eigenvalue weighted by Crippen LogP contribution is -2.15. The average Bonchev–Trinajstić information content (AvgIpc) is 2.91. The Labute approximate surface area is 113 Å². The SMILES string of the molecule is COc1ccc(C(N)c2ncc[nH]2)c(OC)c1Br. The smallest absolute Gasteiger partial charge is 0.142 e. The fraction of sp³-hybridized carbons (Fsp3) is 0.250. The van der Waals surface area contributed by atoms with Gasteiger partial charge in [0.25, 0.3) is 0 Å². The van der Waals surface area contributed by atoms with Gasteiger partial charge in [0.15, 0.2) is 0 Å². The summed E-state index contributed by atoms with van der Waals surface area (Å²) in [6, 6.07) is 3.33. The van der Waals surface area contributed by atoms with Gasteiger partial charge < -0.3 is 20.2 Å². The first-order valence-corrected chi connectivity index (χ1v) is 6.13. The molecule has 6 heteroatoms. The van der Waals surface area contributed by atoms with Crippen molar-refractivity contribution >= 4 is 15.9 Å². The minimum atomic E-state index is -0.378. The van der Waals surface area contributed by atoms with E-state index in [1.807, 2.05) is 12.1 Å². The molecular weight excluding hydrogens is 298 g/mol. The summed E-state index contributed by atoms with van der Waals surface area (Å²) in [5.74, 6) is 2.03. The third-order valence-electron chi connectivity index (χ3n) is 2.67. The number of ether oxygens (including phenoxy) is 2. The van der Waals surface area contributed by atoms with Crippen molar-refractivity contribution in [2.24, 2.45) is 5.73 Å². The summed E-state index contributed by atoms with van der Waals surface area (Å²) in [6.45, 7) is 0. The zero-order valence-electron chi connectivity index (χ0n) is 10.1. The summed E-state index contributed by atoms with van der Waals surface area (Å²) in [7, 11) is 3.20. The van der Waals surface area contributed by atoms with E-state index in [-0.39, 0.29) is 6.04 Å². The van der Waals surface area contributed by atoms with Gasteiger partial charge in [0.1, 0.15) is 21.8 Å². The first-order chi connectivity index (χ1) is 8.69. The lowest BCUT2D eigenvalue weighted by Gasteiger charge is -2.17. The number of nitrogens with zero attached hydrogens (tertiary/aromatic N) is 1. The molecule has 0 spiro atoms. The third-order valence-corrected chi connectivity index (χ3v) is 3.42. The molecule has 18 heavy (non-hydrogen) atoms. The Kier molecular flexibility index (Phi) is 3.88. The molecule has 96 valence electrons. The van der Waals surface area contributed by atoms with Crippen molar-refractivity contribution in [3.05, 3.63) is 40.4 Å². The van der Waals surface area contributed by atoms with Gasteiger partial charge in [0.2, 0.25) is 0 Å². The van der Waals surface area contributed by atoms with Crippen LogP contribution in [0, 0.1) is 0 Å². The van der Waals surface area contributed by atoms with Gasteiger partial charge in [-0.2, -0.15) is 0 Å². The maximum absolute atomic E-state index is 6.16. The second kappa shape index (κ2) is 5.41. The molecule has 0 fully saturated rings. The van der Waals surface area contributed by atoms with Gasteiger partial charge in [-0.25, -0.2) is 4.98 Å². The van der Waals surface area contributed by atoms with Gasteiger partial charge >= 0.3 is 0 Å². The van der Waals surface area contributed by atoms with Crippen molar-refractivity contribution < 1.29 is 9.47 Å². The molecule has 1 aromatic carbocycles. The molecule has 1 heterocycles. The number of nitrogens with one attached hydrogen (secondary N) is 1. The van der Waals surface area contributed by atoms with Gasteiger partial charge in [0.05, 0.1) is 20.3 Å². The van der Waals surface area contributed by atoms with Crippen LogP contribution in [0.25, 0.3) is 0 Å². The van der Waals surface area contributed by atoms with E-state index in [0.29, 0.717) is 17.3 Å². The van der Waals surface area contributed by atoms with Crippen LogP contribution in [0.3, 0.4) is 0 Å². The highest BCUT2D eigenvalue weighted by Crippen LogP contribution is 2.39. The second-order valence-electron chi connectivity index (χ2n) is 3.66. The third kappa shape index (κ3) is 2.21. The number of halogens is 1. The fourth-order valence-electron chi connectivity index (χ4n) is 1.76. The normalized spacial score (nSPS) is 12.2. The van der Waals surface area contributed by atoms with Crippen molar-refractivity contribution in [3.63, 3.8) is 0 Å². The fourth-order valence-corrected chi connectivity index (χ4v) is 2.44. The van der Waals surface area contributed by atoms with Crippen LogP contribution in [-0.2, 0) is 0 Å². The second-order valence-corrected chi connectivity index (χ2v) is 4.45. The molecule has 0 amide bonds. The predicted molar refractivity (Wildman–Crippen MR) is 71.9 cm³/mol. The molecular formula is C12H14BrN3O2. The number of methoxy groups -OCH3 is 2. The standard InChI is InChI=1S/C12H14BrN3O2/c1-17-8-4-3-7(11(18-2)9(8)13)10(14)12-15-5-6-16-12/h3-6,10H,14H2,1-2H3,(H,15,16). The first-order valence-electron chi connectivity index (χ1n) is 5.34. The van der Waals surface area contributed by atoms with Crippen molar-refractivity contribution in [2.45, 2.75) is 6.04 Å². The Morgan fingerprint density at radius 1 is 1.33 bits per heavy atom. The van der Waals surface area contributed by atoms with Gasteiger partial charge in [-0.15, -0.1) is 0 Å². The Hall–Kier alpha value is -1.53. The van der Waals surface area contributed by atoms with Crippen molar-refractivity contribution in [1.29, 1.82) is 0 Å². The summed E-state index contributed by atoms with van der Waals surface area (Å²) in [5, 5.41) is 0. The van der Waals surface area contributed by atoms with E-state index in [0.717, 1.165) is 10.0 Å². The lowest BCUT2D eigenvalue weighted by atomic mass is 10.1. The molecule has 0 saturated carbocycles. The lowest BCUT2D eigenvalue weighted by molar-refractivity contribution is 0.384. The highest BCUT2D eigenvalue weighted by Gasteiger charge is 2.20. The number of nitrogens with two attached hydrogens (primary N) is 1. The number of aromatic nitrogens is 2. The Balaban J connectivity index is 2.48. The molecule has 1 atom stereocenters. The molecule has 5 nitrogen and oxygen atoms in total. The predicted octanol–water partition coefficient (Wildman–Crippen LogP) is 2.24. The van der Waals surface area contributed by atoms with E-state index < -0.39 is 0 Å². The summed E-state index contributed by atoms with van der Waals surface area (Å²) in [6.07, 6.45) is 3.40. The minimum Gasteiger partial charge on any atom is -0.495 e. The minimum absolute atomic E-state index is 0.378. The zero-order chi connectivity index (χ0) is 13.1. The summed E-state index contributed by atoms with van der Waals surface area (Å²) < 4.78 is 11.4. The summed E-state index contributed by atoms with van der Waals surface area (Å²) in [4.78, 5) is 7.15.